The minimum absolute atomic E-state index is 0.0146. The molecular formula is C24H25ClN4O3S. The van der Waals surface area contributed by atoms with Gasteiger partial charge in [-0.25, -0.2) is 0 Å². The van der Waals surface area contributed by atoms with E-state index >= 15 is 0 Å². The molecule has 5 heterocycles. The number of amides is 2. The number of carbonyl (C=O) groups is 2. The van der Waals surface area contributed by atoms with E-state index in [4.69, 9.17) is 11.6 Å². The molecule has 2 amide bonds. The number of rotatable bonds is 4. The van der Waals surface area contributed by atoms with E-state index in [2.05, 4.69) is 0 Å². The number of fused-ring (bicyclic) bond motifs is 1. The lowest BCUT2D eigenvalue weighted by Crippen LogP contribution is -2.58. The molecule has 0 saturated carbocycles. The number of nitrogens with zero attached hydrogens (tertiary/aromatic N) is 4. The summed E-state index contributed by atoms with van der Waals surface area (Å²) in [6.07, 6.45) is 8.63. The molecule has 33 heavy (non-hydrogen) atoms. The van der Waals surface area contributed by atoms with Crippen molar-refractivity contribution >= 4 is 40.7 Å². The lowest BCUT2D eigenvalue weighted by Gasteiger charge is -2.46. The van der Waals surface area contributed by atoms with E-state index in [9.17, 15) is 14.8 Å². The smallest absolute Gasteiger partial charge is 0.255 e. The summed E-state index contributed by atoms with van der Waals surface area (Å²) in [5.41, 5.74) is 1.23. The van der Waals surface area contributed by atoms with E-state index in [1.54, 1.807) is 24.4 Å². The first kappa shape index (κ1) is 22.1. The third kappa shape index (κ3) is 4.29. The summed E-state index contributed by atoms with van der Waals surface area (Å²) < 4.78 is 2.65. The van der Waals surface area contributed by atoms with E-state index in [-0.39, 0.29) is 23.1 Å². The van der Waals surface area contributed by atoms with E-state index in [0.29, 0.717) is 35.2 Å². The van der Waals surface area contributed by atoms with Crippen LogP contribution in [-0.4, -0.2) is 56.9 Å². The molecule has 0 bridgehead atoms. The normalized spacial score (nSPS) is 20.6. The Kier molecular flexibility index (Phi) is 5.97. The third-order valence-corrected chi connectivity index (χ3v) is 7.90. The van der Waals surface area contributed by atoms with Crippen LogP contribution in [0.25, 0.3) is 5.52 Å². The van der Waals surface area contributed by atoms with E-state index < -0.39 is 0 Å². The second kappa shape index (κ2) is 8.91. The van der Waals surface area contributed by atoms with Crippen LogP contribution in [0.5, 0.6) is 0 Å². The molecular weight excluding hydrogens is 460 g/mol. The highest BCUT2D eigenvalue weighted by Gasteiger charge is 2.47. The molecule has 3 aromatic heterocycles. The fraction of sp³-hybridized carbons (Fsp3) is 0.375. The number of piperidine rings is 1. The van der Waals surface area contributed by atoms with Crippen molar-refractivity contribution < 1.29 is 14.3 Å². The number of halogens is 1. The Balaban J connectivity index is 1.30. The summed E-state index contributed by atoms with van der Waals surface area (Å²) in [5, 5.41) is 13.0. The summed E-state index contributed by atoms with van der Waals surface area (Å²) in [6.45, 7) is 1.93. The van der Waals surface area contributed by atoms with E-state index in [1.807, 2.05) is 38.6 Å². The monoisotopic (exact) mass is 484 g/mol. The summed E-state index contributed by atoms with van der Waals surface area (Å²) in [7, 11) is 0. The molecule has 1 atom stereocenters. The maximum Gasteiger partial charge on any atom is 0.255 e. The molecule has 172 valence electrons. The number of hydrogen-bond donors (Lipinski definition) is 0. The van der Waals surface area contributed by atoms with Crippen molar-refractivity contribution in [2.45, 2.75) is 36.2 Å². The van der Waals surface area contributed by atoms with E-state index in [0.717, 1.165) is 35.9 Å². The fourth-order valence-corrected chi connectivity index (χ4v) is 6.12. The Bertz CT molecular complexity index is 1220. The van der Waals surface area contributed by atoms with Gasteiger partial charge in [0, 0.05) is 49.7 Å². The average Bonchev–Trinajstić information content (AvgIpc) is 3.41. The zero-order chi connectivity index (χ0) is 23.0. The van der Waals surface area contributed by atoms with Gasteiger partial charge in [-0.05, 0) is 61.7 Å². The van der Waals surface area contributed by atoms with Gasteiger partial charge in [0.1, 0.15) is 0 Å². The van der Waals surface area contributed by atoms with Crippen LogP contribution >= 0.6 is 23.4 Å². The van der Waals surface area contributed by atoms with Crippen molar-refractivity contribution in [2.24, 2.45) is 0 Å². The van der Waals surface area contributed by atoms with Gasteiger partial charge in [-0.2, -0.15) is 4.73 Å². The second-order valence-corrected chi connectivity index (χ2v) is 10.2. The zero-order valence-corrected chi connectivity index (χ0v) is 19.7. The summed E-state index contributed by atoms with van der Waals surface area (Å²) in [4.78, 5) is 30.4. The Labute approximate surface area is 201 Å². The number of likely N-dealkylation sites (tertiary alicyclic amines) is 2. The van der Waals surface area contributed by atoms with Gasteiger partial charge in [-0.15, -0.1) is 0 Å². The van der Waals surface area contributed by atoms with Gasteiger partial charge in [0.15, 0.2) is 6.20 Å². The number of carbonyl (C=O) groups excluding carboxylic acids is 2. The molecule has 9 heteroatoms. The highest BCUT2D eigenvalue weighted by Crippen LogP contribution is 2.38. The molecule has 5 rings (SSSR count). The number of thioether (sulfide) groups is 1. The molecule has 0 radical (unpaired) electrons. The molecule has 1 unspecified atom stereocenters. The fourth-order valence-electron chi connectivity index (χ4n) is 5.16. The number of pyridine rings is 2. The molecule has 3 aromatic rings. The average molecular weight is 485 g/mol. The zero-order valence-electron chi connectivity index (χ0n) is 18.2. The van der Waals surface area contributed by atoms with Crippen LogP contribution < -0.4 is 4.73 Å². The van der Waals surface area contributed by atoms with Crippen LogP contribution in [0.2, 0.25) is 5.02 Å². The highest BCUT2D eigenvalue weighted by atomic mass is 35.5. The Morgan fingerprint density at radius 2 is 1.94 bits per heavy atom. The number of hydrogen-bond acceptors (Lipinski definition) is 4. The van der Waals surface area contributed by atoms with Crippen LogP contribution in [0.3, 0.4) is 0 Å². The maximum atomic E-state index is 13.4. The van der Waals surface area contributed by atoms with Crippen molar-refractivity contribution in [3.63, 3.8) is 0 Å². The second-order valence-electron chi connectivity index (χ2n) is 8.77. The van der Waals surface area contributed by atoms with Gasteiger partial charge < -0.3 is 19.4 Å². The van der Waals surface area contributed by atoms with Crippen LogP contribution in [0.15, 0.2) is 60.0 Å². The molecule has 2 aliphatic rings. The first-order valence-corrected chi connectivity index (χ1v) is 12.5. The van der Waals surface area contributed by atoms with Gasteiger partial charge in [0.25, 0.3) is 10.9 Å². The molecule has 2 fully saturated rings. The molecule has 0 aromatic carbocycles. The first-order chi connectivity index (χ1) is 15.9. The summed E-state index contributed by atoms with van der Waals surface area (Å²) in [5.74, 6) is 0.229. The van der Waals surface area contributed by atoms with Crippen LogP contribution in [0, 0.1) is 5.21 Å². The highest BCUT2D eigenvalue weighted by molar-refractivity contribution is 7.99. The maximum absolute atomic E-state index is 13.4. The topological polar surface area (TPSA) is 72.0 Å². The van der Waals surface area contributed by atoms with Crippen LogP contribution in [0.4, 0.5) is 0 Å². The minimum Gasteiger partial charge on any atom is -0.618 e. The largest absolute Gasteiger partial charge is 0.618 e. The van der Waals surface area contributed by atoms with Crippen molar-refractivity contribution in [2.75, 3.05) is 25.4 Å². The standard InChI is InChI=1S/C24H25ClN4O3S/c25-19-6-7-20-13-18(14-27(20)15-19)23(31)26-10-3-8-24(17-26)9-4-11-28(24)21(30)16-33-22-5-1-2-12-29(22)32/h1-2,5-7,12-15H,3-4,8-11,16-17H2. The lowest BCUT2D eigenvalue weighted by molar-refractivity contribution is -0.645. The Hall–Kier alpha value is -2.71. The van der Waals surface area contributed by atoms with Crippen molar-refractivity contribution in [3.05, 3.63) is 70.8 Å². The molecule has 0 aliphatic carbocycles. The summed E-state index contributed by atoms with van der Waals surface area (Å²) in [6, 6.07) is 10.8. The predicted molar refractivity (Wildman–Crippen MR) is 127 cm³/mol. The molecule has 2 aliphatic heterocycles. The molecule has 0 N–H and O–H groups in total. The predicted octanol–water partition coefficient (Wildman–Crippen LogP) is 3.62. The van der Waals surface area contributed by atoms with Crippen LogP contribution in [-0.2, 0) is 4.79 Å². The van der Waals surface area contributed by atoms with Gasteiger partial charge >= 0.3 is 0 Å². The molecule has 7 nitrogen and oxygen atoms in total. The Morgan fingerprint density at radius 3 is 2.76 bits per heavy atom. The summed E-state index contributed by atoms with van der Waals surface area (Å²) >= 11 is 7.35. The SMILES string of the molecule is O=C(c1cc2ccc(Cl)cn2c1)N1CCCC2(CCCN2C(=O)CSc2cccc[n+]2[O-])C1. The molecule has 2 saturated heterocycles. The van der Waals surface area contributed by atoms with Gasteiger partial charge in [0.2, 0.25) is 5.91 Å². The number of aromatic nitrogens is 2. The van der Waals surface area contributed by atoms with Gasteiger partial charge in [-0.1, -0.05) is 11.6 Å². The Morgan fingerprint density at radius 1 is 1.12 bits per heavy atom. The van der Waals surface area contributed by atoms with Crippen molar-refractivity contribution in [3.8, 4) is 0 Å². The van der Waals surface area contributed by atoms with E-state index in [1.165, 1.54) is 18.0 Å². The quantitative estimate of drug-likeness (QED) is 0.322. The lowest BCUT2D eigenvalue weighted by atomic mass is 9.86. The third-order valence-electron chi connectivity index (χ3n) is 6.67. The van der Waals surface area contributed by atoms with Crippen molar-refractivity contribution in [1.29, 1.82) is 0 Å². The van der Waals surface area contributed by atoms with Crippen LogP contribution in [0.1, 0.15) is 36.0 Å². The first-order valence-electron chi connectivity index (χ1n) is 11.1. The van der Waals surface area contributed by atoms with Gasteiger partial charge in [-0.3, -0.25) is 9.59 Å². The molecule has 1 spiro atoms. The minimum atomic E-state index is -0.321. The van der Waals surface area contributed by atoms with Crippen molar-refractivity contribution in [1.82, 2.24) is 14.2 Å². The van der Waals surface area contributed by atoms with Gasteiger partial charge in [0.05, 0.1) is 21.9 Å².